The number of halogens is 3. The Kier molecular flexibility index (Phi) is 4.49. The molecule has 0 heterocycles. The molecule has 0 unspecified atom stereocenters. The summed E-state index contributed by atoms with van der Waals surface area (Å²) >= 11 is 0. The summed E-state index contributed by atoms with van der Waals surface area (Å²) in [5, 5.41) is 11.8. The van der Waals surface area contributed by atoms with Gasteiger partial charge in [-0.2, -0.15) is 13.2 Å². The molecule has 1 amide bonds. The molecule has 0 aliphatic heterocycles. The van der Waals surface area contributed by atoms with Crippen LogP contribution in [0.3, 0.4) is 0 Å². The Morgan fingerprint density at radius 2 is 1.71 bits per heavy atom. The van der Waals surface area contributed by atoms with Crippen LogP contribution in [-0.2, 0) is 9.59 Å². The average molecular weight is 307 g/mol. The number of hydrogen-bond donors (Lipinski definition) is 2. The van der Waals surface area contributed by atoms with Gasteiger partial charge in [-0.05, 0) is 38.5 Å². The predicted molar refractivity (Wildman–Crippen MR) is 68.4 cm³/mol. The van der Waals surface area contributed by atoms with Gasteiger partial charge in [-0.3, -0.25) is 9.59 Å². The quantitative estimate of drug-likeness (QED) is 0.839. The third-order valence-electron chi connectivity index (χ3n) is 4.93. The fourth-order valence-electron chi connectivity index (χ4n) is 3.15. The van der Waals surface area contributed by atoms with E-state index in [0.717, 1.165) is 6.42 Å². The molecule has 0 spiro atoms. The summed E-state index contributed by atoms with van der Waals surface area (Å²) in [6, 6.07) is 0. The van der Waals surface area contributed by atoms with Crippen LogP contribution in [0.2, 0.25) is 0 Å². The van der Waals surface area contributed by atoms with Crippen LogP contribution >= 0.6 is 0 Å². The van der Waals surface area contributed by atoms with Gasteiger partial charge >= 0.3 is 12.1 Å². The van der Waals surface area contributed by atoms with E-state index in [4.69, 9.17) is 5.11 Å². The summed E-state index contributed by atoms with van der Waals surface area (Å²) in [4.78, 5) is 23.1. The smallest absolute Gasteiger partial charge is 0.391 e. The normalized spacial score (nSPS) is 28.5. The fourth-order valence-corrected chi connectivity index (χ4v) is 3.15. The second-order valence-electron chi connectivity index (χ2n) is 6.25. The van der Waals surface area contributed by atoms with Crippen molar-refractivity contribution in [1.29, 1.82) is 0 Å². The zero-order valence-corrected chi connectivity index (χ0v) is 11.7. The molecule has 0 atom stereocenters. The second kappa shape index (κ2) is 5.85. The fraction of sp³-hybridized carbons (Fsp3) is 0.857. The van der Waals surface area contributed by atoms with Crippen LogP contribution in [0.5, 0.6) is 0 Å². The van der Waals surface area contributed by atoms with Crippen LogP contribution in [0.1, 0.15) is 44.9 Å². The van der Waals surface area contributed by atoms with Crippen molar-refractivity contribution in [2.24, 2.45) is 17.3 Å². The zero-order valence-electron chi connectivity index (χ0n) is 11.7. The lowest BCUT2D eigenvalue weighted by Gasteiger charge is -2.38. The van der Waals surface area contributed by atoms with Crippen molar-refractivity contribution in [2.45, 2.75) is 51.1 Å². The van der Waals surface area contributed by atoms with Gasteiger partial charge < -0.3 is 10.4 Å². The third kappa shape index (κ3) is 3.49. The summed E-state index contributed by atoms with van der Waals surface area (Å²) in [6.07, 6.45) is -1.87. The average Bonchev–Trinajstić information content (AvgIpc) is 2.36. The summed E-state index contributed by atoms with van der Waals surface area (Å²) in [5.74, 6) is -2.94. The van der Waals surface area contributed by atoms with Crippen molar-refractivity contribution in [3.63, 3.8) is 0 Å². The maximum absolute atomic E-state index is 12.6. The molecule has 7 heteroatoms. The lowest BCUT2D eigenvalue weighted by molar-refractivity contribution is -0.184. The molecule has 0 saturated heterocycles. The summed E-state index contributed by atoms with van der Waals surface area (Å²) < 4.78 is 37.7. The number of amides is 1. The third-order valence-corrected chi connectivity index (χ3v) is 4.93. The SMILES string of the molecule is O=C(NCC1(C(=O)O)CCC1)C1CCC(C(F)(F)F)CC1. The van der Waals surface area contributed by atoms with Gasteiger partial charge in [0, 0.05) is 12.5 Å². The Morgan fingerprint density at radius 3 is 2.10 bits per heavy atom. The largest absolute Gasteiger partial charge is 0.481 e. The van der Waals surface area contributed by atoms with E-state index in [1.807, 2.05) is 0 Å². The maximum atomic E-state index is 12.6. The van der Waals surface area contributed by atoms with Gasteiger partial charge in [0.1, 0.15) is 0 Å². The van der Waals surface area contributed by atoms with Gasteiger partial charge in [-0.1, -0.05) is 6.42 Å². The van der Waals surface area contributed by atoms with E-state index in [9.17, 15) is 22.8 Å². The highest BCUT2D eigenvalue weighted by Gasteiger charge is 2.45. The van der Waals surface area contributed by atoms with Crippen molar-refractivity contribution in [3.8, 4) is 0 Å². The van der Waals surface area contributed by atoms with Gasteiger partial charge in [0.05, 0.1) is 11.3 Å². The Hall–Kier alpha value is -1.27. The van der Waals surface area contributed by atoms with E-state index in [0.29, 0.717) is 12.8 Å². The highest BCUT2D eigenvalue weighted by atomic mass is 19.4. The number of hydrogen-bond acceptors (Lipinski definition) is 2. The van der Waals surface area contributed by atoms with E-state index >= 15 is 0 Å². The molecule has 2 aliphatic rings. The van der Waals surface area contributed by atoms with E-state index in [-0.39, 0.29) is 38.1 Å². The van der Waals surface area contributed by atoms with Gasteiger partial charge in [0.2, 0.25) is 5.91 Å². The predicted octanol–water partition coefficient (Wildman–Crippen LogP) is 2.73. The number of nitrogens with one attached hydrogen (secondary N) is 1. The van der Waals surface area contributed by atoms with E-state index < -0.39 is 29.4 Å². The minimum Gasteiger partial charge on any atom is -0.481 e. The van der Waals surface area contributed by atoms with Crippen LogP contribution < -0.4 is 5.32 Å². The van der Waals surface area contributed by atoms with Crippen molar-refractivity contribution >= 4 is 11.9 Å². The number of rotatable bonds is 4. The first kappa shape index (κ1) is 16.1. The molecule has 120 valence electrons. The first-order valence-electron chi connectivity index (χ1n) is 7.32. The number of carboxylic acid groups (broad SMARTS) is 1. The lowest BCUT2D eigenvalue weighted by Crippen LogP contribution is -2.49. The van der Waals surface area contributed by atoms with Crippen LogP contribution in [-0.4, -0.2) is 29.7 Å². The first-order chi connectivity index (χ1) is 9.74. The van der Waals surface area contributed by atoms with Gasteiger partial charge in [0.15, 0.2) is 0 Å². The van der Waals surface area contributed by atoms with Gasteiger partial charge in [0.25, 0.3) is 0 Å². The topological polar surface area (TPSA) is 66.4 Å². The minimum absolute atomic E-state index is 0.0222. The Labute approximate surface area is 121 Å². The van der Waals surface area contributed by atoms with E-state index in [2.05, 4.69) is 5.32 Å². The standard InChI is InChI=1S/C14H20F3NO3/c15-14(16,17)10-4-2-9(3-5-10)11(19)18-8-13(12(20)21)6-1-7-13/h9-10H,1-8H2,(H,18,19)(H,20,21). The Balaban J connectivity index is 1.79. The zero-order chi connectivity index (χ0) is 15.7. The highest BCUT2D eigenvalue weighted by molar-refractivity contribution is 5.81. The molecule has 0 bridgehead atoms. The molecule has 0 aromatic carbocycles. The first-order valence-corrected chi connectivity index (χ1v) is 7.32. The molecule has 21 heavy (non-hydrogen) atoms. The van der Waals surface area contributed by atoms with Gasteiger partial charge in [-0.15, -0.1) is 0 Å². The molecule has 2 fully saturated rings. The molecule has 2 rings (SSSR count). The van der Waals surface area contributed by atoms with Crippen molar-refractivity contribution in [3.05, 3.63) is 0 Å². The Morgan fingerprint density at radius 1 is 1.14 bits per heavy atom. The molecule has 4 nitrogen and oxygen atoms in total. The molecular weight excluding hydrogens is 287 g/mol. The van der Waals surface area contributed by atoms with Crippen LogP contribution in [0.4, 0.5) is 13.2 Å². The Bertz CT molecular complexity index is 410. The summed E-state index contributed by atoms with van der Waals surface area (Å²) in [5.41, 5.74) is -0.862. The number of carbonyl (C=O) groups is 2. The summed E-state index contributed by atoms with van der Waals surface area (Å²) in [7, 11) is 0. The number of alkyl halides is 3. The van der Waals surface area contributed by atoms with E-state index in [1.165, 1.54) is 0 Å². The highest BCUT2D eigenvalue weighted by Crippen LogP contribution is 2.41. The second-order valence-corrected chi connectivity index (χ2v) is 6.25. The van der Waals surface area contributed by atoms with Crippen LogP contribution in [0, 0.1) is 17.3 Å². The monoisotopic (exact) mass is 307 g/mol. The molecule has 0 radical (unpaired) electrons. The van der Waals surface area contributed by atoms with E-state index in [1.54, 1.807) is 0 Å². The van der Waals surface area contributed by atoms with Crippen LogP contribution in [0.15, 0.2) is 0 Å². The molecule has 2 N–H and O–H groups in total. The summed E-state index contributed by atoms with van der Waals surface area (Å²) in [6.45, 7) is 0.0837. The molecular formula is C14H20F3NO3. The molecule has 2 aliphatic carbocycles. The number of carboxylic acids is 1. The number of carbonyl (C=O) groups excluding carboxylic acids is 1. The lowest BCUT2D eigenvalue weighted by atomic mass is 9.68. The van der Waals surface area contributed by atoms with Crippen LogP contribution in [0.25, 0.3) is 0 Å². The molecule has 0 aromatic rings. The van der Waals surface area contributed by atoms with Gasteiger partial charge in [-0.25, -0.2) is 0 Å². The van der Waals surface area contributed by atoms with Crippen molar-refractivity contribution in [1.82, 2.24) is 5.32 Å². The van der Waals surface area contributed by atoms with Crippen molar-refractivity contribution in [2.75, 3.05) is 6.54 Å². The maximum Gasteiger partial charge on any atom is 0.391 e. The van der Waals surface area contributed by atoms with Crippen molar-refractivity contribution < 1.29 is 27.9 Å². The molecule has 0 aromatic heterocycles. The minimum atomic E-state index is -4.18. The number of aliphatic carboxylic acids is 1. The molecule has 2 saturated carbocycles.